The Morgan fingerprint density at radius 1 is 0.667 bits per heavy atom. The van der Waals surface area contributed by atoms with Crippen LogP contribution in [-0.2, 0) is 20.8 Å². The van der Waals surface area contributed by atoms with Crippen LogP contribution in [0.2, 0.25) is 0 Å². The Kier molecular flexibility index (Phi) is 10.5. The van der Waals surface area contributed by atoms with Gasteiger partial charge in [0, 0.05) is 12.8 Å². The minimum Gasteiger partial charge on any atom is -0.496 e. The fraction of sp³-hybridized carbons (Fsp3) is 0.300. The van der Waals surface area contributed by atoms with Crippen molar-refractivity contribution in [1.82, 2.24) is 0 Å². The van der Waals surface area contributed by atoms with Crippen LogP contribution in [0.15, 0.2) is 72.8 Å². The van der Waals surface area contributed by atoms with Crippen LogP contribution in [-0.4, -0.2) is 56.0 Å². The van der Waals surface area contributed by atoms with Gasteiger partial charge in [0.15, 0.2) is 0 Å². The van der Waals surface area contributed by atoms with Gasteiger partial charge in [0.25, 0.3) is 0 Å². The van der Waals surface area contributed by atoms with Crippen molar-refractivity contribution in [3.63, 3.8) is 0 Å². The predicted molar refractivity (Wildman–Crippen MR) is 142 cm³/mol. The summed E-state index contributed by atoms with van der Waals surface area (Å²) >= 11 is 0. The van der Waals surface area contributed by atoms with E-state index < -0.39 is 23.5 Å². The molecule has 0 bridgehead atoms. The molecule has 0 saturated carbocycles. The first kappa shape index (κ1) is 29.2. The SMILES string of the molecule is COc1ccccc1C(=O)OCCC(C)(CCOC(=O)c1ccccc1OC)OC(=O)c1ccccc1CO. The van der Waals surface area contributed by atoms with E-state index in [2.05, 4.69) is 0 Å². The fourth-order valence-electron chi connectivity index (χ4n) is 3.86. The Bertz CT molecular complexity index is 1220. The molecule has 0 aliphatic carbocycles. The topological polar surface area (TPSA) is 118 Å². The molecule has 0 amide bonds. The minimum absolute atomic E-state index is 0.0806. The highest BCUT2D eigenvalue weighted by Gasteiger charge is 2.31. The molecular weight excluding hydrogens is 504 g/mol. The van der Waals surface area contributed by atoms with Gasteiger partial charge in [0.2, 0.25) is 0 Å². The quantitative estimate of drug-likeness (QED) is 0.247. The molecule has 0 spiro atoms. The van der Waals surface area contributed by atoms with E-state index in [1.54, 1.807) is 79.7 Å². The number of methoxy groups -OCH3 is 2. The first-order chi connectivity index (χ1) is 18.8. The van der Waals surface area contributed by atoms with Gasteiger partial charge in [-0.25, -0.2) is 14.4 Å². The molecule has 0 heterocycles. The number of benzene rings is 3. The second-order valence-electron chi connectivity index (χ2n) is 8.83. The molecule has 3 aromatic carbocycles. The third kappa shape index (κ3) is 7.81. The number of para-hydroxylation sites is 2. The predicted octanol–water partition coefficient (Wildman–Crippen LogP) is 4.61. The van der Waals surface area contributed by atoms with Crippen molar-refractivity contribution in [1.29, 1.82) is 0 Å². The third-order valence-corrected chi connectivity index (χ3v) is 6.13. The average Bonchev–Trinajstić information content (AvgIpc) is 2.96. The molecule has 9 heteroatoms. The number of aliphatic hydroxyl groups excluding tert-OH is 1. The van der Waals surface area contributed by atoms with Gasteiger partial charge >= 0.3 is 17.9 Å². The number of rotatable bonds is 13. The van der Waals surface area contributed by atoms with Gasteiger partial charge in [-0.1, -0.05) is 42.5 Å². The van der Waals surface area contributed by atoms with Crippen LogP contribution in [0.4, 0.5) is 0 Å². The highest BCUT2D eigenvalue weighted by atomic mass is 16.6. The zero-order valence-electron chi connectivity index (χ0n) is 22.2. The minimum atomic E-state index is -1.18. The van der Waals surface area contributed by atoms with E-state index in [4.69, 9.17) is 23.7 Å². The molecule has 0 aromatic heterocycles. The van der Waals surface area contributed by atoms with E-state index >= 15 is 0 Å². The maximum Gasteiger partial charge on any atom is 0.341 e. The summed E-state index contributed by atoms with van der Waals surface area (Å²) in [5, 5.41) is 9.63. The lowest BCUT2D eigenvalue weighted by Crippen LogP contribution is -2.35. The van der Waals surface area contributed by atoms with Crippen molar-refractivity contribution in [2.24, 2.45) is 0 Å². The largest absolute Gasteiger partial charge is 0.496 e. The van der Waals surface area contributed by atoms with E-state index in [1.807, 2.05) is 0 Å². The summed E-state index contributed by atoms with van der Waals surface area (Å²) in [6, 6.07) is 19.9. The number of hydrogen-bond acceptors (Lipinski definition) is 9. The second kappa shape index (κ2) is 14.0. The van der Waals surface area contributed by atoms with Crippen LogP contribution < -0.4 is 9.47 Å². The van der Waals surface area contributed by atoms with Gasteiger partial charge in [-0.05, 0) is 42.8 Å². The van der Waals surface area contributed by atoms with Crippen LogP contribution in [0.25, 0.3) is 0 Å². The van der Waals surface area contributed by atoms with Gasteiger partial charge < -0.3 is 28.8 Å². The standard InChI is InChI=1S/C30H32O9/c1-30(39-29(34)22-11-5-4-10-21(22)20-31,16-18-37-27(32)23-12-6-8-14-25(23)35-2)17-19-38-28(33)24-13-7-9-15-26(24)36-3/h4-15,31H,16-20H2,1-3H3. The Morgan fingerprint density at radius 3 is 1.56 bits per heavy atom. The lowest BCUT2D eigenvalue weighted by atomic mass is 9.98. The summed E-state index contributed by atoms with van der Waals surface area (Å²) in [6.07, 6.45) is 0.236. The molecule has 206 valence electrons. The molecule has 0 fully saturated rings. The van der Waals surface area contributed by atoms with Gasteiger partial charge in [0.1, 0.15) is 28.2 Å². The highest BCUT2D eigenvalue weighted by molar-refractivity contribution is 5.93. The Hall–Kier alpha value is -4.37. The monoisotopic (exact) mass is 536 g/mol. The van der Waals surface area contributed by atoms with E-state index in [1.165, 1.54) is 14.2 Å². The summed E-state index contributed by atoms with van der Waals surface area (Å²) < 4.78 is 27.2. The molecule has 0 radical (unpaired) electrons. The lowest BCUT2D eigenvalue weighted by molar-refractivity contribution is -0.0360. The molecule has 0 saturated heterocycles. The summed E-state index contributed by atoms with van der Waals surface area (Å²) in [6.45, 7) is 1.17. The average molecular weight is 537 g/mol. The van der Waals surface area contributed by atoms with Crippen molar-refractivity contribution in [3.05, 3.63) is 95.1 Å². The Balaban J connectivity index is 1.71. The van der Waals surface area contributed by atoms with Crippen LogP contribution in [0.1, 0.15) is 56.4 Å². The van der Waals surface area contributed by atoms with Crippen LogP contribution >= 0.6 is 0 Å². The zero-order valence-corrected chi connectivity index (χ0v) is 22.2. The summed E-state index contributed by atoms with van der Waals surface area (Å²) in [7, 11) is 2.92. The number of aliphatic hydroxyl groups is 1. The molecule has 9 nitrogen and oxygen atoms in total. The summed E-state index contributed by atoms with van der Waals surface area (Å²) in [5.74, 6) is -1.08. The van der Waals surface area contributed by atoms with Crippen LogP contribution in [0.5, 0.6) is 11.5 Å². The zero-order chi connectivity index (χ0) is 28.3. The Morgan fingerprint density at radius 2 is 1.10 bits per heavy atom. The number of carbonyl (C=O) groups is 3. The number of esters is 3. The van der Waals surface area contributed by atoms with Crippen molar-refractivity contribution in [2.75, 3.05) is 27.4 Å². The van der Waals surface area contributed by atoms with Crippen LogP contribution in [0.3, 0.4) is 0 Å². The lowest BCUT2D eigenvalue weighted by Gasteiger charge is -2.30. The highest BCUT2D eigenvalue weighted by Crippen LogP contribution is 2.26. The van der Waals surface area contributed by atoms with Gasteiger partial charge in [-0.3, -0.25) is 0 Å². The number of hydrogen-bond donors (Lipinski definition) is 1. The maximum atomic E-state index is 13.1. The van der Waals surface area contributed by atoms with Crippen molar-refractivity contribution >= 4 is 17.9 Å². The van der Waals surface area contributed by atoms with Crippen molar-refractivity contribution < 1.29 is 43.2 Å². The first-order valence-electron chi connectivity index (χ1n) is 12.3. The molecule has 0 aliphatic heterocycles. The van der Waals surface area contributed by atoms with E-state index in [0.29, 0.717) is 17.1 Å². The molecule has 1 N–H and O–H groups in total. The molecule has 0 aliphatic rings. The first-order valence-corrected chi connectivity index (χ1v) is 12.3. The Labute approximate surface area is 227 Å². The van der Waals surface area contributed by atoms with E-state index in [0.717, 1.165) is 0 Å². The summed E-state index contributed by atoms with van der Waals surface area (Å²) in [4.78, 5) is 38.3. The van der Waals surface area contributed by atoms with Gasteiger partial charge in [0.05, 0.1) is 39.6 Å². The maximum absolute atomic E-state index is 13.1. The number of carbonyl (C=O) groups excluding carboxylic acids is 3. The molecule has 3 rings (SSSR count). The van der Waals surface area contributed by atoms with Gasteiger partial charge in [-0.15, -0.1) is 0 Å². The number of ether oxygens (including phenoxy) is 5. The normalized spacial score (nSPS) is 10.9. The third-order valence-electron chi connectivity index (χ3n) is 6.13. The van der Waals surface area contributed by atoms with Crippen molar-refractivity contribution in [3.8, 4) is 11.5 Å². The second-order valence-corrected chi connectivity index (χ2v) is 8.83. The molecule has 39 heavy (non-hydrogen) atoms. The van der Waals surface area contributed by atoms with E-state index in [9.17, 15) is 19.5 Å². The summed E-state index contributed by atoms with van der Waals surface area (Å²) in [5.41, 5.74) is -0.0252. The molecule has 0 atom stereocenters. The van der Waals surface area contributed by atoms with Crippen LogP contribution in [0, 0.1) is 0 Å². The van der Waals surface area contributed by atoms with E-state index in [-0.39, 0.29) is 49.4 Å². The van der Waals surface area contributed by atoms with Crippen molar-refractivity contribution in [2.45, 2.75) is 32.0 Å². The molecular formula is C30H32O9. The smallest absolute Gasteiger partial charge is 0.341 e. The molecule has 0 unspecified atom stereocenters. The molecule has 3 aromatic rings. The fourth-order valence-corrected chi connectivity index (χ4v) is 3.86. The van der Waals surface area contributed by atoms with Gasteiger partial charge in [-0.2, -0.15) is 0 Å².